The van der Waals surface area contributed by atoms with Crippen LogP contribution < -0.4 is 5.32 Å². The summed E-state index contributed by atoms with van der Waals surface area (Å²) in [5.74, 6) is -0.0577. The fourth-order valence-electron chi connectivity index (χ4n) is 2.53. The van der Waals surface area contributed by atoms with Crippen LogP contribution in [-0.2, 0) is 9.53 Å². The molecule has 2 rings (SSSR count). The third-order valence-electron chi connectivity index (χ3n) is 3.67. The van der Waals surface area contributed by atoms with Gasteiger partial charge in [-0.25, -0.2) is 0 Å². The summed E-state index contributed by atoms with van der Waals surface area (Å²) in [5.41, 5.74) is 1.20. The van der Waals surface area contributed by atoms with Crippen molar-refractivity contribution in [2.75, 3.05) is 25.0 Å². The smallest absolute Gasteiger partial charge is 0.238 e. The number of morpholine rings is 1. The largest absolute Gasteiger partial charge is 0.376 e. The molecule has 0 aliphatic carbocycles. The summed E-state index contributed by atoms with van der Waals surface area (Å²) < 4.78 is 5.63. The summed E-state index contributed by atoms with van der Waals surface area (Å²) in [6, 6.07) is 9.30. The van der Waals surface area contributed by atoms with Gasteiger partial charge in [-0.2, -0.15) is 5.26 Å². The highest BCUT2D eigenvalue weighted by molar-refractivity contribution is 5.92. The Morgan fingerprint density at radius 3 is 3.10 bits per heavy atom. The minimum atomic E-state index is -0.0577. The van der Waals surface area contributed by atoms with E-state index in [2.05, 4.69) is 23.2 Å². The standard InChI is InChI=1S/C16H21N3O2/c1-3-15-11-21-12(2)9-19(15)10-16(20)18-14-6-4-5-13(7-14)8-17/h4-7,12,15H,3,9-11H2,1-2H3,(H,18,20). The van der Waals surface area contributed by atoms with E-state index in [-0.39, 0.29) is 18.1 Å². The Balaban J connectivity index is 1.95. The van der Waals surface area contributed by atoms with Crippen LogP contribution in [0, 0.1) is 11.3 Å². The van der Waals surface area contributed by atoms with Crippen LogP contribution in [0.1, 0.15) is 25.8 Å². The SMILES string of the molecule is CCC1COC(C)CN1CC(=O)Nc1cccc(C#N)c1. The summed E-state index contributed by atoms with van der Waals surface area (Å²) in [7, 11) is 0. The predicted molar refractivity (Wildman–Crippen MR) is 80.9 cm³/mol. The number of nitrogens with zero attached hydrogens (tertiary/aromatic N) is 2. The first-order valence-electron chi connectivity index (χ1n) is 7.28. The van der Waals surface area contributed by atoms with E-state index >= 15 is 0 Å². The van der Waals surface area contributed by atoms with Gasteiger partial charge in [-0.3, -0.25) is 9.69 Å². The number of ether oxygens (including phenoxy) is 1. The van der Waals surface area contributed by atoms with Crippen LogP contribution in [0.25, 0.3) is 0 Å². The fourth-order valence-corrected chi connectivity index (χ4v) is 2.53. The van der Waals surface area contributed by atoms with Crippen LogP contribution in [-0.4, -0.2) is 42.6 Å². The first-order valence-corrected chi connectivity index (χ1v) is 7.28. The van der Waals surface area contributed by atoms with Crippen molar-refractivity contribution in [1.29, 1.82) is 5.26 Å². The average molecular weight is 287 g/mol. The second-order valence-electron chi connectivity index (χ2n) is 5.38. The van der Waals surface area contributed by atoms with Gasteiger partial charge in [0.15, 0.2) is 0 Å². The highest BCUT2D eigenvalue weighted by Gasteiger charge is 2.26. The van der Waals surface area contributed by atoms with E-state index in [0.717, 1.165) is 13.0 Å². The van der Waals surface area contributed by atoms with E-state index in [1.54, 1.807) is 24.3 Å². The molecular weight excluding hydrogens is 266 g/mol. The molecule has 1 N–H and O–H groups in total. The minimum absolute atomic E-state index is 0.0577. The Kier molecular flexibility index (Phi) is 5.32. The molecule has 112 valence electrons. The van der Waals surface area contributed by atoms with Crippen LogP contribution in [0.4, 0.5) is 5.69 Å². The maximum atomic E-state index is 12.2. The Morgan fingerprint density at radius 2 is 2.38 bits per heavy atom. The van der Waals surface area contributed by atoms with E-state index in [0.29, 0.717) is 24.4 Å². The van der Waals surface area contributed by atoms with Gasteiger partial charge in [0.25, 0.3) is 0 Å². The first kappa shape index (κ1) is 15.5. The molecule has 0 radical (unpaired) electrons. The summed E-state index contributed by atoms with van der Waals surface area (Å²) in [4.78, 5) is 14.3. The number of nitriles is 1. The molecule has 2 atom stereocenters. The lowest BCUT2D eigenvalue weighted by atomic mass is 10.1. The highest BCUT2D eigenvalue weighted by Crippen LogP contribution is 2.15. The van der Waals surface area contributed by atoms with Crippen molar-refractivity contribution in [2.45, 2.75) is 32.4 Å². The Hall–Kier alpha value is -1.90. The third kappa shape index (κ3) is 4.28. The van der Waals surface area contributed by atoms with Crippen LogP contribution in [0.15, 0.2) is 24.3 Å². The number of nitrogens with one attached hydrogen (secondary N) is 1. The minimum Gasteiger partial charge on any atom is -0.376 e. The molecule has 5 heteroatoms. The lowest BCUT2D eigenvalue weighted by Gasteiger charge is -2.37. The van der Waals surface area contributed by atoms with Gasteiger partial charge in [-0.1, -0.05) is 13.0 Å². The molecule has 0 aromatic heterocycles. The van der Waals surface area contributed by atoms with Crippen LogP contribution in [0.5, 0.6) is 0 Å². The average Bonchev–Trinajstić information content (AvgIpc) is 2.47. The summed E-state index contributed by atoms with van der Waals surface area (Å²) in [6.07, 6.45) is 1.12. The summed E-state index contributed by atoms with van der Waals surface area (Å²) >= 11 is 0. The molecule has 0 bridgehead atoms. The zero-order valence-electron chi connectivity index (χ0n) is 12.5. The van der Waals surface area contributed by atoms with Crippen molar-refractivity contribution in [2.24, 2.45) is 0 Å². The van der Waals surface area contributed by atoms with Crippen LogP contribution >= 0.6 is 0 Å². The van der Waals surface area contributed by atoms with Gasteiger partial charge in [-0.15, -0.1) is 0 Å². The molecule has 1 aromatic carbocycles. The third-order valence-corrected chi connectivity index (χ3v) is 3.67. The molecule has 1 heterocycles. The molecule has 0 saturated carbocycles. The molecule has 1 fully saturated rings. The maximum absolute atomic E-state index is 12.2. The van der Waals surface area contributed by atoms with Gasteiger partial charge in [0.05, 0.1) is 30.9 Å². The molecular formula is C16H21N3O2. The predicted octanol–water partition coefficient (Wildman–Crippen LogP) is 2.00. The quantitative estimate of drug-likeness (QED) is 0.920. The summed E-state index contributed by atoms with van der Waals surface area (Å²) in [6.45, 7) is 5.92. The molecule has 21 heavy (non-hydrogen) atoms. The van der Waals surface area contributed by atoms with Crippen molar-refractivity contribution < 1.29 is 9.53 Å². The van der Waals surface area contributed by atoms with Gasteiger partial charge < -0.3 is 10.1 Å². The highest BCUT2D eigenvalue weighted by atomic mass is 16.5. The molecule has 1 aromatic rings. The molecule has 5 nitrogen and oxygen atoms in total. The number of carbonyl (C=O) groups is 1. The monoisotopic (exact) mass is 287 g/mol. The van der Waals surface area contributed by atoms with Crippen LogP contribution in [0.3, 0.4) is 0 Å². The molecule has 0 spiro atoms. The number of carbonyl (C=O) groups excluding carboxylic acids is 1. The number of benzene rings is 1. The van der Waals surface area contributed by atoms with E-state index < -0.39 is 0 Å². The lowest BCUT2D eigenvalue weighted by Crippen LogP contribution is -2.51. The van der Waals surface area contributed by atoms with Crippen molar-refractivity contribution in [3.63, 3.8) is 0 Å². The van der Waals surface area contributed by atoms with E-state index in [9.17, 15) is 4.79 Å². The zero-order chi connectivity index (χ0) is 15.2. The number of rotatable bonds is 4. The van der Waals surface area contributed by atoms with Crippen molar-refractivity contribution in [3.05, 3.63) is 29.8 Å². The van der Waals surface area contributed by atoms with Crippen molar-refractivity contribution >= 4 is 11.6 Å². The zero-order valence-corrected chi connectivity index (χ0v) is 12.5. The first-order chi connectivity index (χ1) is 10.1. The number of anilines is 1. The lowest BCUT2D eigenvalue weighted by molar-refractivity contribution is -0.121. The maximum Gasteiger partial charge on any atom is 0.238 e. The number of hydrogen-bond acceptors (Lipinski definition) is 4. The van der Waals surface area contributed by atoms with Crippen molar-refractivity contribution in [1.82, 2.24) is 4.90 Å². The van der Waals surface area contributed by atoms with Gasteiger partial charge >= 0.3 is 0 Å². The van der Waals surface area contributed by atoms with Crippen molar-refractivity contribution in [3.8, 4) is 6.07 Å². The second-order valence-corrected chi connectivity index (χ2v) is 5.38. The topological polar surface area (TPSA) is 65.4 Å². The molecule has 1 amide bonds. The molecule has 1 aliphatic heterocycles. The Morgan fingerprint density at radius 1 is 1.57 bits per heavy atom. The Bertz CT molecular complexity index is 539. The van der Waals surface area contributed by atoms with E-state index in [1.807, 2.05) is 6.92 Å². The van der Waals surface area contributed by atoms with Crippen LogP contribution in [0.2, 0.25) is 0 Å². The molecule has 1 aliphatic rings. The van der Waals surface area contributed by atoms with Gasteiger partial charge in [0.2, 0.25) is 5.91 Å². The number of hydrogen-bond donors (Lipinski definition) is 1. The Labute approximate surface area is 125 Å². The normalized spacial score (nSPS) is 22.5. The van der Waals surface area contributed by atoms with Gasteiger partial charge in [-0.05, 0) is 31.5 Å². The fraction of sp³-hybridized carbons (Fsp3) is 0.500. The van der Waals surface area contributed by atoms with E-state index in [4.69, 9.17) is 10.00 Å². The molecule has 2 unspecified atom stereocenters. The molecule has 1 saturated heterocycles. The van der Waals surface area contributed by atoms with E-state index in [1.165, 1.54) is 0 Å². The summed E-state index contributed by atoms with van der Waals surface area (Å²) in [5, 5.41) is 11.7. The second kappa shape index (κ2) is 7.21. The van der Waals surface area contributed by atoms with Gasteiger partial charge in [0.1, 0.15) is 0 Å². The van der Waals surface area contributed by atoms with Gasteiger partial charge in [0, 0.05) is 18.3 Å². The number of amides is 1.